The van der Waals surface area contributed by atoms with Gasteiger partial charge in [-0.1, -0.05) is 54.9 Å². The average Bonchev–Trinajstić information content (AvgIpc) is 2.97. The highest BCUT2D eigenvalue weighted by molar-refractivity contribution is 8.00. The monoisotopic (exact) mass is 443 g/mol. The molecule has 0 aliphatic carbocycles. The molecule has 1 heterocycles. The third-order valence-corrected chi connectivity index (χ3v) is 5.51. The van der Waals surface area contributed by atoms with Crippen LogP contribution < -0.4 is 11.1 Å². The van der Waals surface area contributed by atoms with E-state index in [1.165, 1.54) is 11.8 Å². The van der Waals surface area contributed by atoms with E-state index in [9.17, 15) is 9.59 Å². The standard InChI is InChI=1S/C18H23Cl2N5O2S/c1-10(2)9-25-15(8-7-14(21)26)23-24-18(25)28-11(3)17(27)22-16-12(19)5-4-6-13(16)20/h4-6,10-11H,7-9H2,1-3H3,(H2,21,26)(H,22,27). The van der Waals surface area contributed by atoms with Crippen molar-refractivity contribution in [3.8, 4) is 0 Å². The summed E-state index contributed by atoms with van der Waals surface area (Å²) in [4.78, 5) is 23.7. The number of halogens is 2. The van der Waals surface area contributed by atoms with Gasteiger partial charge in [0.05, 0.1) is 21.0 Å². The number of primary amides is 1. The number of para-hydroxylation sites is 1. The normalized spacial score (nSPS) is 12.2. The van der Waals surface area contributed by atoms with Gasteiger partial charge in [-0.05, 0) is 25.0 Å². The maximum absolute atomic E-state index is 12.6. The lowest BCUT2D eigenvalue weighted by Gasteiger charge is -2.16. The maximum atomic E-state index is 12.6. The van der Waals surface area contributed by atoms with Gasteiger partial charge in [-0.15, -0.1) is 10.2 Å². The Morgan fingerprint density at radius 2 is 1.86 bits per heavy atom. The molecule has 7 nitrogen and oxygen atoms in total. The number of amides is 2. The van der Waals surface area contributed by atoms with Crippen molar-refractivity contribution < 1.29 is 9.59 Å². The van der Waals surface area contributed by atoms with Crippen LogP contribution in [0.25, 0.3) is 0 Å². The van der Waals surface area contributed by atoms with Crippen LogP contribution in [0.2, 0.25) is 10.0 Å². The second kappa shape index (κ2) is 10.1. The van der Waals surface area contributed by atoms with Crippen LogP contribution in [0.15, 0.2) is 23.4 Å². The van der Waals surface area contributed by atoms with Crippen LogP contribution in [0.4, 0.5) is 5.69 Å². The van der Waals surface area contributed by atoms with Gasteiger partial charge < -0.3 is 15.6 Å². The zero-order chi connectivity index (χ0) is 20.8. The largest absolute Gasteiger partial charge is 0.370 e. The summed E-state index contributed by atoms with van der Waals surface area (Å²) in [5, 5.41) is 12.0. The first kappa shape index (κ1) is 22.5. The highest BCUT2D eigenvalue weighted by atomic mass is 35.5. The zero-order valence-corrected chi connectivity index (χ0v) is 18.2. The summed E-state index contributed by atoms with van der Waals surface area (Å²) in [5.41, 5.74) is 5.62. The molecule has 1 aromatic heterocycles. The van der Waals surface area contributed by atoms with Crippen LogP contribution in [0.3, 0.4) is 0 Å². The summed E-state index contributed by atoms with van der Waals surface area (Å²) in [7, 11) is 0. The lowest BCUT2D eigenvalue weighted by molar-refractivity contribution is -0.118. The molecule has 0 spiro atoms. The van der Waals surface area contributed by atoms with Gasteiger partial charge in [0, 0.05) is 19.4 Å². The first-order valence-electron chi connectivity index (χ1n) is 8.81. The van der Waals surface area contributed by atoms with Gasteiger partial charge in [-0.2, -0.15) is 0 Å². The number of carbonyl (C=O) groups is 2. The fourth-order valence-electron chi connectivity index (χ4n) is 2.43. The number of anilines is 1. The average molecular weight is 444 g/mol. The van der Waals surface area contributed by atoms with Crippen molar-refractivity contribution in [2.45, 2.75) is 50.6 Å². The molecular formula is C18H23Cl2N5O2S. The topological polar surface area (TPSA) is 103 Å². The van der Waals surface area contributed by atoms with Crippen molar-refractivity contribution >= 4 is 52.5 Å². The van der Waals surface area contributed by atoms with Crippen molar-refractivity contribution in [3.63, 3.8) is 0 Å². The summed E-state index contributed by atoms with van der Waals surface area (Å²) >= 11 is 13.5. The first-order chi connectivity index (χ1) is 13.2. The third kappa shape index (κ3) is 6.12. The number of benzene rings is 1. The number of nitrogens with one attached hydrogen (secondary N) is 1. The molecule has 28 heavy (non-hydrogen) atoms. The molecule has 0 saturated heterocycles. The Morgan fingerprint density at radius 1 is 1.21 bits per heavy atom. The number of nitrogens with zero attached hydrogens (tertiary/aromatic N) is 3. The van der Waals surface area contributed by atoms with Crippen LogP contribution in [0.5, 0.6) is 0 Å². The smallest absolute Gasteiger partial charge is 0.237 e. The number of carbonyl (C=O) groups excluding carboxylic acids is 2. The van der Waals surface area contributed by atoms with Gasteiger partial charge in [0.1, 0.15) is 5.82 Å². The molecule has 0 aliphatic rings. The van der Waals surface area contributed by atoms with E-state index in [0.717, 1.165) is 0 Å². The molecule has 0 bridgehead atoms. The Balaban J connectivity index is 2.14. The van der Waals surface area contributed by atoms with E-state index in [2.05, 4.69) is 29.4 Å². The van der Waals surface area contributed by atoms with E-state index >= 15 is 0 Å². The SMILES string of the molecule is CC(C)Cn1c(CCC(N)=O)nnc1SC(C)C(=O)Nc1c(Cl)cccc1Cl. The van der Waals surface area contributed by atoms with E-state index in [1.807, 2.05) is 4.57 Å². The predicted molar refractivity (Wildman–Crippen MR) is 113 cm³/mol. The molecule has 1 aromatic carbocycles. The van der Waals surface area contributed by atoms with Crippen molar-refractivity contribution in [1.29, 1.82) is 0 Å². The number of nitrogens with two attached hydrogens (primary N) is 1. The van der Waals surface area contributed by atoms with Crippen molar-refractivity contribution in [1.82, 2.24) is 14.8 Å². The minimum Gasteiger partial charge on any atom is -0.370 e. The quantitative estimate of drug-likeness (QED) is 0.573. The van der Waals surface area contributed by atoms with E-state index in [0.29, 0.717) is 45.6 Å². The summed E-state index contributed by atoms with van der Waals surface area (Å²) in [6, 6.07) is 5.02. The minimum absolute atomic E-state index is 0.196. The molecule has 2 rings (SSSR count). The highest BCUT2D eigenvalue weighted by Gasteiger charge is 2.22. The van der Waals surface area contributed by atoms with Crippen molar-refractivity contribution in [2.75, 3.05) is 5.32 Å². The Kier molecular flexibility index (Phi) is 8.15. The van der Waals surface area contributed by atoms with Crippen LogP contribution in [-0.4, -0.2) is 31.8 Å². The maximum Gasteiger partial charge on any atom is 0.237 e. The fraction of sp³-hybridized carbons (Fsp3) is 0.444. The molecule has 0 aliphatic heterocycles. The number of thioether (sulfide) groups is 1. The molecule has 2 amide bonds. The van der Waals surface area contributed by atoms with Crippen molar-refractivity contribution in [3.05, 3.63) is 34.1 Å². The molecule has 2 aromatic rings. The van der Waals surface area contributed by atoms with Gasteiger partial charge in [0.25, 0.3) is 0 Å². The van der Waals surface area contributed by atoms with Crippen LogP contribution in [0.1, 0.15) is 33.0 Å². The van der Waals surface area contributed by atoms with Gasteiger partial charge in [-0.25, -0.2) is 0 Å². The fourth-order valence-corrected chi connectivity index (χ4v) is 3.80. The summed E-state index contributed by atoms with van der Waals surface area (Å²) in [6.45, 7) is 6.58. The number of hydrogen-bond donors (Lipinski definition) is 2. The number of hydrogen-bond acceptors (Lipinski definition) is 5. The van der Waals surface area contributed by atoms with Gasteiger partial charge in [-0.3, -0.25) is 9.59 Å². The molecule has 0 fully saturated rings. The second-order valence-electron chi connectivity index (χ2n) is 6.72. The van der Waals surface area contributed by atoms with E-state index in [4.69, 9.17) is 28.9 Å². The molecule has 1 unspecified atom stereocenters. The molecule has 0 radical (unpaired) electrons. The molecule has 10 heteroatoms. The third-order valence-electron chi connectivity index (χ3n) is 3.80. The molecule has 0 saturated carbocycles. The van der Waals surface area contributed by atoms with Gasteiger partial charge in [0.2, 0.25) is 11.8 Å². The van der Waals surface area contributed by atoms with E-state index in [1.54, 1.807) is 25.1 Å². The Hall–Kier alpha value is -1.77. The van der Waals surface area contributed by atoms with E-state index in [-0.39, 0.29) is 12.3 Å². The molecule has 152 valence electrons. The lowest BCUT2D eigenvalue weighted by Crippen LogP contribution is -2.23. The zero-order valence-electron chi connectivity index (χ0n) is 15.9. The van der Waals surface area contributed by atoms with E-state index < -0.39 is 11.2 Å². The van der Waals surface area contributed by atoms with Crippen LogP contribution >= 0.6 is 35.0 Å². The van der Waals surface area contributed by atoms with Crippen LogP contribution in [0, 0.1) is 5.92 Å². The Labute approximate surface area is 178 Å². The molecule has 1 atom stereocenters. The number of rotatable bonds is 9. The Bertz CT molecular complexity index is 836. The van der Waals surface area contributed by atoms with Crippen molar-refractivity contribution in [2.24, 2.45) is 11.7 Å². The summed E-state index contributed by atoms with van der Waals surface area (Å²) in [5.74, 6) is 0.376. The first-order valence-corrected chi connectivity index (χ1v) is 10.4. The van der Waals surface area contributed by atoms with Crippen LogP contribution in [-0.2, 0) is 22.6 Å². The lowest BCUT2D eigenvalue weighted by atomic mass is 10.2. The molecular weight excluding hydrogens is 421 g/mol. The van der Waals surface area contributed by atoms with Gasteiger partial charge >= 0.3 is 0 Å². The number of aromatic nitrogens is 3. The Morgan fingerprint density at radius 3 is 2.43 bits per heavy atom. The summed E-state index contributed by atoms with van der Waals surface area (Å²) < 4.78 is 1.94. The second-order valence-corrected chi connectivity index (χ2v) is 8.84. The van der Waals surface area contributed by atoms with Gasteiger partial charge in [0.15, 0.2) is 5.16 Å². The summed E-state index contributed by atoms with van der Waals surface area (Å²) in [6.07, 6.45) is 0.605. The predicted octanol–water partition coefficient (Wildman–Crippen LogP) is 3.78. The highest BCUT2D eigenvalue weighted by Crippen LogP contribution is 2.31. The minimum atomic E-state index is -0.466. The molecule has 3 N–H and O–H groups in total. The number of aryl methyl sites for hydroxylation is 1.